The third-order valence-electron chi connectivity index (χ3n) is 5.43. The van der Waals surface area contributed by atoms with E-state index in [2.05, 4.69) is 0 Å². The predicted molar refractivity (Wildman–Crippen MR) is 109 cm³/mol. The summed E-state index contributed by atoms with van der Waals surface area (Å²) in [7, 11) is 1.48. The molecular weight excluding hydrogens is 352 g/mol. The Hall–Kier alpha value is -3.27. The summed E-state index contributed by atoms with van der Waals surface area (Å²) in [6.07, 6.45) is 0.298. The molecule has 0 aromatic heterocycles. The molecule has 0 aliphatic rings. The molecule has 4 heteroatoms. The molecule has 2 N–H and O–H groups in total. The molecule has 0 spiro atoms. The maximum atomic E-state index is 12.4. The van der Waals surface area contributed by atoms with Gasteiger partial charge < -0.3 is 14.9 Å². The first-order chi connectivity index (χ1) is 13.5. The highest BCUT2D eigenvalue weighted by atomic mass is 16.5. The van der Waals surface area contributed by atoms with Crippen molar-refractivity contribution < 1.29 is 19.7 Å². The second-order valence-corrected chi connectivity index (χ2v) is 7.04. The highest BCUT2D eigenvalue weighted by molar-refractivity contribution is 5.74. The number of carboxylic acids is 1. The fourth-order valence-corrected chi connectivity index (χ4v) is 3.76. The van der Waals surface area contributed by atoms with Crippen molar-refractivity contribution in [3.63, 3.8) is 0 Å². The Bertz CT molecular complexity index is 896. The number of ether oxygens (including phenoxy) is 1. The van der Waals surface area contributed by atoms with Gasteiger partial charge in [-0.1, -0.05) is 73.7 Å². The third kappa shape index (κ3) is 3.72. The van der Waals surface area contributed by atoms with Crippen LogP contribution in [-0.2, 0) is 16.6 Å². The van der Waals surface area contributed by atoms with Crippen LogP contribution in [0.3, 0.4) is 0 Å². The van der Waals surface area contributed by atoms with E-state index >= 15 is 0 Å². The summed E-state index contributed by atoms with van der Waals surface area (Å²) in [5.74, 6) is -1.22. The number of rotatable bonds is 7. The zero-order chi connectivity index (χ0) is 20.1. The van der Waals surface area contributed by atoms with E-state index in [1.165, 1.54) is 13.2 Å². The van der Waals surface area contributed by atoms with Crippen molar-refractivity contribution >= 4 is 5.97 Å². The number of carboxylic acid groups (broad SMARTS) is 1. The van der Waals surface area contributed by atoms with Crippen molar-refractivity contribution in [1.29, 1.82) is 0 Å². The predicted octanol–water partition coefficient (Wildman–Crippen LogP) is 4.65. The molecule has 0 heterocycles. The number of hydrogen-bond donors (Lipinski definition) is 2. The molecule has 0 aliphatic heterocycles. The van der Waals surface area contributed by atoms with Crippen molar-refractivity contribution in [3.05, 3.63) is 95.6 Å². The van der Waals surface area contributed by atoms with Crippen LogP contribution >= 0.6 is 0 Å². The quantitative estimate of drug-likeness (QED) is 0.630. The van der Waals surface area contributed by atoms with Crippen LogP contribution in [0.4, 0.5) is 0 Å². The Morgan fingerprint density at radius 2 is 1.50 bits per heavy atom. The molecule has 3 aromatic carbocycles. The topological polar surface area (TPSA) is 66.8 Å². The summed E-state index contributed by atoms with van der Waals surface area (Å²) >= 11 is 0. The lowest BCUT2D eigenvalue weighted by Gasteiger charge is -2.37. The minimum atomic E-state index is -0.873. The van der Waals surface area contributed by atoms with E-state index in [9.17, 15) is 15.0 Å². The Labute approximate surface area is 165 Å². The second-order valence-electron chi connectivity index (χ2n) is 7.04. The summed E-state index contributed by atoms with van der Waals surface area (Å²) in [6.45, 7) is 1.98. The fraction of sp³-hybridized carbons (Fsp3) is 0.208. The molecule has 0 amide bonds. The Balaban J connectivity index is 2.11. The molecule has 28 heavy (non-hydrogen) atoms. The van der Waals surface area contributed by atoms with Crippen LogP contribution in [0, 0.1) is 5.92 Å². The Kier molecular flexibility index (Phi) is 5.69. The monoisotopic (exact) mass is 376 g/mol. The maximum Gasteiger partial charge on any atom is 0.308 e. The van der Waals surface area contributed by atoms with Gasteiger partial charge >= 0.3 is 5.97 Å². The van der Waals surface area contributed by atoms with Gasteiger partial charge in [-0.15, -0.1) is 0 Å². The number of aromatic hydroxyl groups is 1. The van der Waals surface area contributed by atoms with Crippen LogP contribution in [-0.4, -0.2) is 23.3 Å². The highest BCUT2D eigenvalue weighted by Gasteiger charge is 2.42. The molecule has 0 saturated heterocycles. The van der Waals surface area contributed by atoms with E-state index in [0.29, 0.717) is 12.2 Å². The van der Waals surface area contributed by atoms with Crippen LogP contribution < -0.4 is 4.74 Å². The summed E-state index contributed by atoms with van der Waals surface area (Å²) in [5.41, 5.74) is 1.94. The van der Waals surface area contributed by atoms with Gasteiger partial charge in [-0.05, 0) is 35.2 Å². The number of phenolic OH excluding ortho intramolecular Hbond substituents is 1. The number of benzene rings is 3. The van der Waals surface area contributed by atoms with Crippen LogP contribution in [0.1, 0.15) is 23.6 Å². The van der Waals surface area contributed by atoms with Crippen LogP contribution in [0.5, 0.6) is 11.5 Å². The number of aliphatic carboxylic acids is 1. The van der Waals surface area contributed by atoms with Crippen molar-refractivity contribution in [3.8, 4) is 11.5 Å². The average Bonchev–Trinajstić information content (AvgIpc) is 2.73. The van der Waals surface area contributed by atoms with Gasteiger partial charge in [-0.2, -0.15) is 0 Å². The van der Waals surface area contributed by atoms with Gasteiger partial charge in [-0.3, -0.25) is 4.79 Å². The summed E-state index contributed by atoms with van der Waals surface area (Å²) in [4.78, 5) is 12.4. The molecular formula is C24H24O4. The first kappa shape index (κ1) is 19.5. The normalized spacial score (nSPS) is 12.4. The van der Waals surface area contributed by atoms with Crippen LogP contribution in [0.15, 0.2) is 78.9 Å². The lowest BCUT2D eigenvalue weighted by molar-refractivity contribution is -0.143. The van der Waals surface area contributed by atoms with Crippen LogP contribution in [0.25, 0.3) is 0 Å². The molecule has 3 rings (SSSR count). The molecule has 1 atom stereocenters. The van der Waals surface area contributed by atoms with Gasteiger partial charge in [0.05, 0.1) is 13.0 Å². The summed E-state index contributed by atoms with van der Waals surface area (Å²) < 4.78 is 5.19. The zero-order valence-electron chi connectivity index (χ0n) is 16.0. The van der Waals surface area contributed by atoms with Gasteiger partial charge in [0.2, 0.25) is 0 Å². The van der Waals surface area contributed by atoms with E-state index < -0.39 is 17.3 Å². The third-order valence-corrected chi connectivity index (χ3v) is 5.43. The number of methoxy groups -OCH3 is 1. The standard InChI is InChI=1S/C24H24O4/c1-24(18-9-5-3-6-10-18,19-11-7-4-8-12-19)20(23(26)27)15-17-13-14-21(25)22(16-17)28-2/h3-14,16,20,25H,15H2,1-2H3,(H,26,27). The SMILES string of the molecule is COc1cc(CC(C(=O)O)C(C)(c2ccccc2)c2ccccc2)ccc1O. The van der Waals surface area contributed by atoms with Crippen LogP contribution in [0.2, 0.25) is 0 Å². The van der Waals surface area contributed by atoms with Crippen molar-refractivity contribution in [2.45, 2.75) is 18.8 Å². The zero-order valence-corrected chi connectivity index (χ0v) is 16.0. The molecule has 0 bridgehead atoms. The van der Waals surface area contributed by atoms with Gasteiger partial charge in [-0.25, -0.2) is 0 Å². The van der Waals surface area contributed by atoms with E-state index in [0.717, 1.165) is 16.7 Å². The summed E-state index contributed by atoms with van der Waals surface area (Å²) in [5, 5.41) is 20.0. The largest absolute Gasteiger partial charge is 0.504 e. The molecule has 1 unspecified atom stereocenters. The van der Waals surface area contributed by atoms with Gasteiger partial charge in [0.1, 0.15) is 0 Å². The van der Waals surface area contributed by atoms with E-state index in [1.54, 1.807) is 12.1 Å². The van der Waals surface area contributed by atoms with E-state index in [4.69, 9.17) is 4.74 Å². The molecule has 144 valence electrons. The minimum absolute atomic E-state index is 0.0343. The van der Waals surface area contributed by atoms with Gasteiger partial charge in [0.15, 0.2) is 11.5 Å². The lowest BCUT2D eigenvalue weighted by atomic mass is 9.65. The van der Waals surface area contributed by atoms with Crippen molar-refractivity contribution in [2.75, 3.05) is 7.11 Å². The van der Waals surface area contributed by atoms with Crippen molar-refractivity contribution in [1.82, 2.24) is 0 Å². The van der Waals surface area contributed by atoms with E-state index in [1.807, 2.05) is 67.6 Å². The van der Waals surface area contributed by atoms with Crippen molar-refractivity contribution in [2.24, 2.45) is 5.92 Å². The molecule has 0 radical (unpaired) electrons. The van der Waals surface area contributed by atoms with Gasteiger partial charge in [0.25, 0.3) is 0 Å². The molecule has 0 aliphatic carbocycles. The lowest BCUT2D eigenvalue weighted by Crippen LogP contribution is -2.40. The number of carbonyl (C=O) groups is 1. The van der Waals surface area contributed by atoms with Gasteiger partial charge in [0, 0.05) is 5.41 Å². The molecule has 4 nitrogen and oxygen atoms in total. The Morgan fingerprint density at radius 3 is 1.96 bits per heavy atom. The molecule has 3 aromatic rings. The van der Waals surface area contributed by atoms with E-state index in [-0.39, 0.29) is 5.75 Å². The molecule has 0 saturated carbocycles. The fourth-order valence-electron chi connectivity index (χ4n) is 3.76. The number of phenols is 1. The first-order valence-corrected chi connectivity index (χ1v) is 9.16. The Morgan fingerprint density at radius 1 is 0.964 bits per heavy atom. The highest BCUT2D eigenvalue weighted by Crippen LogP contribution is 2.41. The smallest absolute Gasteiger partial charge is 0.308 e. The number of hydrogen-bond acceptors (Lipinski definition) is 3. The molecule has 0 fully saturated rings. The maximum absolute atomic E-state index is 12.4. The summed E-state index contributed by atoms with van der Waals surface area (Å²) in [6, 6.07) is 24.4. The second kappa shape index (κ2) is 8.17. The average molecular weight is 376 g/mol. The minimum Gasteiger partial charge on any atom is -0.504 e. The first-order valence-electron chi connectivity index (χ1n) is 9.16.